The molecule has 7 heteroatoms. The number of aliphatic imine (C=N–C) groups is 1. The molecule has 1 unspecified atom stereocenters. The van der Waals surface area contributed by atoms with E-state index < -0.39 is 0 Å². The Morgan fingerprint density at radius 1 is 1.29 bits per heavy atom. The summed E-state index contributed by atoms with van der Waals surface area (Å²) in [6.45, 7) is 6.51. The largest absolute Gasteiger partial charge is 0.355 e. The summed E-state index contributed by atoms with van der Waals surface area (Å²) in [5.74, 6) is 0.606. The van der Waals surface area contributed by atoms with Crippen LogP contribution in [0.3, 0.4) is 0 Å². The van der Waals surface area contributed by atoms with Gasteiger partial charge in [0.05, 0.1) is 0 Å². The van der Waals surface area contributed by atoms with Gasteiger partial charge in [0.2, 0.25) is 0 Å². The summed E-state index contributed by atoms with van der Waals surface area (Å²) >= 11 is 0. The van der Waals surface area contributed by atoms with Crippen LogP contribution in [-0.2, 0) is 6.54 Å². The number of aryl methyl sites for hydroxylation is 1. The molecule has 0 spiro atoms. The van der Waals surface area contributed by atoms with E-state index in [1.165, 1.54) is 6.07 Å². The molecule has 0 amide bonds. The van der Waals surface area contributed by atoms with Crippen molar-refractivity contribution in [2.75, 3.05) is 47.3 Å². The van der Waals surface area contributed by atoms with Crippen LogP contribution in [0.5, 0.6) is 0 Å². The van der Waals surface area contributed by atoms with Gasteiger partial charge < -0.3 is 15.5 Å². The fourth-order valence-electron chi connectivity index (χ4n) is 2.76. The fourth-order valence-corrected chi connectivity index (χ4v) is 2.76. The van der Waals surface area contributed by atoms with Crippen LogP contribution in [0.15, 0.2) is 23.2 Å². The highest BCUT2D eigenvalue weighted by Gasteiger charge is 2.21. The summed E-state index contributed by atoms with van der Waals surface area (Å²) in [5.41, 5.74) is 1.71. The van der Waals surface area contributed by atoms with Crippen molar-refractivity contribution in [3.8, 4) is 0 Å². The molecule has 0 saturated carbocycles. The Morgan fingerprint density at radius 2 is 2.04 bits per heavy atom. The van der Waals surface area contributed by atoms with E-state index in [2.05, 4.69) is 39.5 Å². The van der Waals surface area contributed by atoms with Gasteiger partial charge in [0.15, 0.2) is 5.96 Å². The molecule has 1 aromatic carbocycles. The maximum atomic E-state index is 13.3. The minimum atomic E-state index is -0.166. The van der Waals surface area contributed by atoms with Crippen molar-refractivity contribution in [3.05, 3.63) is 35.1 Å². The molecule has 0 aromatic heterocycles. The summed E-state index contributed by atoms with van der Waals surface area (Å²) in [7, 11) is 6.09. The van der Waals surface area contributed by atoms with E-state index in [9.17, 15) is 4.39 Å². The first-order chi connectivity index (χ1) is 11.0. The molecule has 0 radical (unpaired) electrons. The number of rotatable bonds is 4. The number of benzene rings is 1. The van der Waals surface area contributed by atoms with Crippen molar-refractivity contribution in [2.24, 2.45) is 4.99 Å². The zero-order valence-electron chi connectivity index (χ0n) is 15.0. The Morgan fingerprint density at radius 3 is 2.71 bits per heavy atom. The molecule has 136 valence electrons. The third-order valence-corrected chi connectivity index (χ3v) is 4.39. The van der Waals surface area contributed by atoms with E-state index >= 15 is 0 Å². The van der Waals surface area contributed by atoms with E-state index in [1.807, 2.05) is 6.07 Å². The van der Waals surface area contributed by atoms with Crippen LogP contribution in [0.1, 0.15) is 11.1 Å². The highest BCUT2D eigenvalue weighted by molar-refractivity contribution is 14.0. The Balaban J connectivity index is 0.00000288. The van der Waals surface area contributed by atoms with E-state index in [-0.39, 0.29) is 29.8 Å². The quantitative estimate of drug-likeness (QED) is 0.417. The number of nitrogens with zero attached hydrogens (tertiary/aromatic N) is 3. The summed E-state index contributed by atoms with van der Waals surface area (Å²) < 4.78 is 13.3. The molecular formula is C17H29FIN5. The van der Waals surface area contributed by atoms with Crippen molar-refractivity contribution < 1.29 is 4.39 Å². The SMILES string of the molecule is CN=C(NCc1ccc(F)c(C)c1)NCC1CN(C)CCN1C.I. The zero-order valence-corrected chi connectivity index (χ0v) is 17.3. The normalized spacial score (nSPS) is 19.7. The van der Waals surface area contributed by atoms with E-state index in [4.69, 9.17) is 0 Å². The van der Waals surface area contributed by atoms with Gasteiger partial charge in [-0.3, -0.25) is 9.89 Å². The summed E-state index contributed by atoms with van der Waals surface area (Å²) in [4.78, 5) is 8.99. The third kappa shape index (κ3) is 6.18. The van der Waals surface area contributed by atoms with Crippen molar-refractivity contribution in [3.63, 3.8) is 0 Å². The van der Waals surface area contributed by atoms with Crippen molar-refractivity contribution >= 4 is 29.9 Å². The van der Waals surface area contributed by atoms with Crippen molar-refractivity contribution in [1.82, 2.24) is 20.4 Å². The van der Waals surface area contributed by atoms with Crippen LogP contribution in [0.25, 0.3) is 0 Å². The topological polar surface area (TPSA) is 42.9 Å². The van der Waals surface area contributed by atoms with Crippen molar-refractivity contribution in [1.29, 1.82) is 0 Å². The molecular weight excluding hydrogens is 420 g/mol. The number of hydrogen-bond acceptors (Lipinski definition) is 3. The summed E-state index contributed by atoms with van der Waals surface area (Å²) in [6, 6.07) is 5.64. The van der Waals surface area contributed by atoms with Gasteiger partial charge in [0.25, 0.3) is 0 Å². The second-order valence-corrected chi connectivity index (χ2v) is 6.29. The van der Waals surface area contributed by atoms with Crippen LogP contribution < -0.4 is 10.6 Å². The molecule has 1 fully saturated rings. The fraction of sp³-hybridized carbons (Fsp3) is 0.588. The average molecular weight is 449 g/mol. The first-order valence-corrected chi connectivity index (χ1v) is 8.08. The standard InChI is InChI=1S/C17H28FN5.HI/c1-13-9-14(5-6-16(13)18)10-20-17(19-2)21-11-15-12-22(3)7-8-23(15)4;/h5-6,9,15H,7-8,10-12H2,1-4H3,(H2,19,20,21);1H. The van der Waals surface area contributed by atoms with E-state index in [0.29, 0.717) is 18.2 Å². The maximum absolute atomic E-state index is 13.3. The summed E-state index contributed by atoms with van der Waals surface area (Å²) in [5, 5.41) is 6.67. The van der Waals surface area contributed by atoms with Crippen LogP contribution in [0, 0.1) is 12.7 Å². The lowest BCUT2D eigenvalue weighted by molar-refractivity contribution is 0.116. The molecule has 1 aromatic rings. The number of guanidine groups is 1. The van der Waals surface area contributed by atoms with Crippen molar-refractivity contribution in [2.45, 2.75) is 19.5 Å². The monoisotopic (exact) mass is 449 g/mol. The lowest BCUT2D eigenvalue weighted by Crippen LogP contribution is -2.55. The smallest absolute Gasteiger partial charge is 0.191 e. The van der Waals surface area contributed by atoms with Gasteiger partial charge in [-0.25, -0.2) is 4.39 Å². The van der Waals surface area contributed by atoms with Gasteiger partial charge >= 0.3 is 0 Å². The van der Waals surface area contributed by atoms with Crippen LogP contribution in [0.2, 0.25) is 0 Å². The highest BCUT2D eigenvalue weighted by atomic mass is 127. The number of hydrogen-bond donors (Lipinski definition) is 2. The molecule has 2 N–H and O–H groups in total. The second-order valence-electron chi connectivity index (χ2n) is 6.29. The highest BCUT2D eigenvalue weighted by Crippen LogP contribution is 2.09. The third-order valence-electron chi connectivity index (χ3n) is 4.39. The van der Waals surface area contributed by atoms with Gasteiger partial charge in [0.1, 0.15) is 5.82 Å². The molecule has 1 atom stereocenters. The molecule has 2 rings (SSSR count). The van der Waals surface area contributed by atoms with Crippen LogP contribution in [0.4, 0.5) is 4.39 Å². The number of nitrogens with one attached hydrogen (secondary N) is 2. The molecule has 1 saturated heterocycles. The molecule has 1 heterocycles. The Hall–Kier alpha value is -0.930. The molecule has 0 bridgehead atoms. The molecule has 0 aliphatic carbocycles. The number of halogens is 2. The minimum absolute atomic E-state index is 0. The van der Waals surface area contributed by atoms with Gasteiger partial charge in [-0.05, 0) is 38.2 Å². The lowest BCUT2D eigenvalue weighted by atomic mass is 10.1. The zero-order chi connectivity index (χ0) is 16.8. The van der Waals surface area contributed by atoms with Gasteiger partial charge in [-0.15, -0.1) is 24.0 Å². The van der Waals surface area contributed by atoms with Gasteiger partial charge in [-0.1, -0.05) is 12.1 Å². The van der Waals surface area contributed by atoms with Crippen LogP contribution in [-0.4, -0.2) is 69.1 Å². The maximum Gasteiger partial charge on any atom is 0.191 e. The molecule has 1 aliphatic rings. The lowest BCUT2D eigenvalue weighted by Gasteiger charge is -2.37. The van der Waals surface area contributed by atoms with E-state index in [1.54, 1.807) is 20.0 Å². The Labute approximate surface area is 161 Å². The average Bonchev–Trinajstić information content (AvgIpc) is 2.54. The Kier molecular flexibility index (Phi) is 8.93. The summed E-state index contributed by atoms with van der Waals surface area (Å²) in [6.07, 6.45) is 0. The van der Waals surface area contributed by atoms with Gasteiger partial charge in [0, 0.05) is 45.8 Å². The number of likely N-dealkylation sites (N-methyl/N-ethyl adjacent to an activating group) is 2. The second kappa shape index (κ2) is 10.1. The first kappa shape index (κ1) is 21.1. The minimum Gasteiger partial charge on any atom is -0.355 e. The number of piperazine rings is 1. The first-order valence-electron chi connectivity index (χ1n) is 8.08. The van der Waals surface area contributed by atoms with Gasteiger partial charge in [-0.2, -0.15) is 0 Å². The van der Waals surface area contributed by atoms with E-state index in [0.717, 1.165) is 37.7 Å². The molecule has 5 nitrogen and oxygen atoms in total. The Bertz CT molecular complexity index is 552. The van der Waals surface area contributed by atoms with Crippen LogP contribution >= 0.6 is 24.0 Å². The molecule has 24 heavy (non-hydrogen) atoms. The predicted octanol–water partition coefficient (Wildman–Crippen LogP) is 1.66. The predicted molar refractivity (Wildman–Crippen MR) is 109 cm³/mol. The molecule has 1 aliphatic heterocycles.